The molecular formula is C20H34O. The van der Waals surface area contributed by atoms with E-state index in [1.54, 1.807) is 0 Å². The molecule has 0 atom stereocenters. The van der Waals surface area contributed by atoms with Crippen molar-refractivity contribution in [1.82, 2.24) is 0 Å². The number of aromatic hydroxyl groups is 1. The molecule has 1 heteroatoms. The van der Waals surface area contributed by atoms with Gasteiger partial charge in [-0.15, -0.1) is 0 Å². The van der Waals surface area contributed by atoms with Crippen LogP contribution in [0.2, 0.25) is 0 Å². The Morgan fingerprint density at radius 1 is 0.762 bits per heavy atom. The first-order valence-electron chi connectivity index (χ1n) is 8.98. The first kappa shape index (κ1) is 18.1. The lowest BCUT2D eigenvalue weighted by molar-refractivity contribution is 0.299. The maximum atomic E-state index is 10.4. The summed E-state index contributed by atoms with van der Waals surface area (Å²) in [4.78, 5) is 0. The fourth-order valence-corrected chi connectivity index (χ4v) is 3.61. The van der Waals surface area contributed by atoms with Gasteiger partial charge in [-0.1, -0.05) is 83.9 Å². The highest BCUT2D eigenvalue weighted by atomic mass is 16.3. The largest absolute Gasteiger partial charge is 0.508 e. The lowest BCUT2D eigenvalue weighted by atomic mass is 9.69. The Morgan fingerprint density at radius 2 is 1.33 bits per heavy atom. The van der Waals surface area contributed by atoms with Gasteiger partial charge in [0.1, 0.15) is 5.75 Å². The first-order chi connectivity index (χ1) is 10.2. The summed E-state index contributed by atoms with van der Waals surface area (Å²) < 4.78 is 0. The van der Waals surface area contributed by atoms with Crippen LogP contribution in [0.3, 0.4) is 0 Å². The lowest BCUT2D eigenvalue weighted by Crippen LogP contribution is -2.26. The van der Waals surface area contributed by atoms with Crippen molar-refractivity contribution >= 4 is 0 Å². The van der Waals surface area contributed by atoms with Gasteiger partial charge in [0.25, 0.3) is 0 Å². The first-order valence-corrected chi connectivity index (χ1v) is 8.98. The molecule has 0 aliphatic rings. The molecule has 0 heterocycles. The van der Waals surface area contributed by atoms with Crippen LogP contribution in [0, 0.1) is 0 Å². The maximum Gasteiger partial charge on any atom is 0.119 e. The number of hydrogen-bond donors (Lipinski definition) is 1. The molecule has 1 rings (SSSR count). The maximum absolute atomic E-state index is 10.4. The fraction of sp³-hybridized carbons (Fsp3) is 0.700. The van der Waals surface area contributed by atoms with Crippen molar-refractivity contribution in [3.05, 3.63) is 29.8 Å². The Labute approximate surface area is 131 Å². The molecular weight excluding hydrogens is 256 g/mol. The van der Waals surface area contributed by atoms with Crippen LogP contribution in [0.5, 0.6) is 5.75 Å². The summed E-state index contributed by atoms with van der Waals surface area (Å²) in [6.07, 6.45) is 12.5. The zero-order valence-electron chi connectivity index (χ0n) is 14.3. The molecule has 0 spiro atoms. The fourth-order valence-electron chi connectivity index (χ4n) is 3.61. The Morgan fingerprint density at radius 3 is 1.81 bits per heavy atom. The molecule has 0 unspecified atom stereocenters. The Bertz CT molecular complexity index is 373. The molecule has 0 bridgehead atoms. The molecule has 1 nitrogen and oxygen atoms in total. The van der Waals surface area contributed by atoms with E-state index in [0.717, 1.165) is 0 Å². The highest BCUT2D eigenvalue weighted by Gasteiger charge is 2.32. The van der Waals surface area contributed by atoms with Crippen LogP contribution in [0.15, 0.2) is 24.3 Å². The van der Waals surface area contributed by atoms with Crippen molar-refractivity contribution in [3.63, 3.8) is 0 Å². The number of phenolic OH excluding ortho intramolecular Hbond substituents is 1. The van der Waals surface area contributed by atoms with Crippen molar-refractivity contribution in [3.8, 4) is 5.75 Å². The van der Waals surface area contributed by atoms with Crippen LogP contribution in [-0.2, 0) is 5.41 Å². The molecule has 0 saturated heterocycles. The Kier molecular flexibility index (Phi) is 8.49. The smallest absolute Gasteiger partial charge is 0.119 e. The number of unbranched alkanes of at least 4 members (excludes halogenated alkanes) is 4. The second-order valence-electron chi connectivity index (χ2n) is 6.46. The Hall–Kier alpha value is -0.980. The standard InChI is InChI=1S/C20H34O/c1-4-7-11-16-20(15-6-3,17-12-8-5-2)18-13-9-10-14-19(18)21/h9-10,13-14,21H,4-8,11-12,15-17H2,1-3H3. The van der Waals surface area contributed by atoms with Crippen molar-refractivity contribution in [2.24, 2.45) is 0 Å². The summed E-state index contributed by atoms with van der Waals surface area (Å²) >= 11 is 0. The second kappa shape index (κ2) is 9.87. The molecule has 21 heavy (non-hydrogen) atoms. The summed E-state index contributed by atoms with van der Waals surface area (Å²) in [5, 5.41) is 10.4. The van der Waals surface area contributed by atoms with E-state index in [1.807, 2.05) is 12.1 Å². The molecule has 0 radical (unpaired) electrons. The van der Waals surface area contributed by atoms with E-state index in [2.05, 4.69) is 32.9 Å². The zero-order valence-corrected chi connectivity index (χ0v) is 14.3. The molecule has 1 aromatic rings. The van der Waals surface area contributed by atoms with Gasteiger partial charge in [0.15, 0.2) is 0 Å². The number of hydrogen-bond acceptors (Lipinski definition) is 1. The van der Waals surface area contributed by atoms with E-state index in [0.29, 0.717) is 5.75 Å². The quantitative estimate of drug-likeness (QED) is 0.456. The summed E-state index contributed by atoms with van der Waals surface area (Å²) in [5.74, 6) is 0.499. The number of para-hydroxylation sites is 1. The van der Waals surface area contributed by atoms with Crippen molar-refractivity contribution in [2.45, 2.75) is 90.4 Å². The molecule has 0 aliphatic carbocycles. The van der Waals surface area contributed by atoms with Gasteiger partial charge in [-0.2, -0.15) is 0 Å². The van der Waals surface area contributed by atoms with Crippen LogP contribution in [0.4, 0.5) is 0 Å². The number of rotatable bonds is 11. The van der Waals surface area contributed by atoms with Crippen LogP contribution < -0.4 is 0 Å². The van der Waals surface area contributed by atoms with E-state index in [1.165, 1.54) is 69.8 Å². The van der Waals surface area contributed by atoms with Gasteiger partial charge >= 0.3 is 0 Å². The van der Waals surface area contributed by atoms with Gasteiger partial charge in [-0.25, -0.2) is 0 Å². The van der Waals surface area contributed by atoms with Crippen LogP contribution in [0.25, 0.3) is 0 Å². The minimum atomic E-state index is 0.185. The van der Waals surface area contributed by atoms with Crippen molar-refractivity contribution in [1.29, 1.82) is 0 Å². The van der Waals surface area contributed by atoms with Gasteiger partial charge in [0.05, 0.1) is 0 Å². The van der Waals surface area contributed by atoms with Crippen LogP contribution in [0.1, 0.15) is 90.5 Å². The summed E-state index contributed by atoms with van der Waals surface area (Å²) in [6, 6.07) is 8.04. The monoisotopic (exact) mass is 290 g/mol. The average Bonchev–Trinajstić information content (AvgIpc) is 2.48. The lowest BCUT2D eigenvalue weighted by Gasteiger charge is -2.35. The summed E-state index contributed by atoms with van der Waals surface area (Å²) in [6.45, 7) is 6.80. The van der Waals surface area contributed by atoms with Gasteiger partial charge < -0.3 is 5.11 Å². The highest BCUT2D eigenvalue weighted by Crippen LogP contribution is 2.43. The molecule has 0 aromatic heterocycles. The molecule has 1 aromatic carbocycles. The molecule has 0 saturated carbocycles. The topological polar surface area (TPSA) is 20.2 Å². The minimum Gasteiger partial charge on any atom is -0.508 e. The molecule has 0 aliphatic heterocycles. The van der Waals surface area contributed by atoms with Crippen LogP contribution in [-0.4, -0.2) is 5.11 Å². The van der Waals surface area contributed by atoms with Crippen molar-refractivity contribution < 1.29 is 5.11 Å². The second-order valence-corrected chi connectivity index (χ2v) is 6.46. The summed E-state index contributed by atoms with van der Waals surface area (Å²) in [7, 11) is 0. The minimum absolute atomic E-state index is 0.185. The predicted molar refractivity (Wildman–Crippen MR) is 93.0 cm³/mol. The number of benzene rings is 1. The number of phenols is 1. The normalized spacial score (nSPS) is 11.8. The van der Waals surface area contributed by atoms with Gasteiger partial charge in [-0.05, 0) is 30.7 Å². The average molecular weight is 290 g/mol. The molecule has 0 fully saturated rings. The molecule has 0 amide bonds. The van der Waals surface area contributed by atoms with E-state index >= 15 is 0 Å². The third-order valence-corrected chi connectivity index (χ3v) is 4.72. The van der Waals surface area contributed by atoms with E-state index in [9.17, 15) is 5.11 Å². The van der Waals surface area contributed by atoms with E-state index in [4.69, 9.17) is 0 Å². The van der Waals surface area contributed by atoms with Crippen molar-refractivity contribution in [2.75, 3.05) is 0 Å². The zero-order chi connectivity index (χ0) is 15.6. The van der Waals surface area contributed by atoms with Gasteiger partial charge in [0.2, 0.25) is 0 Å². The third kappa shape index (κ3) is 5.37. The van der Waals surface area contributed by atoms with Gasteiger partial charge in [-0.3, -0.25) is 0 Å². The van der Waals surface area contributed by atoms with E-state index < -0.39 is 0 Å². The Balaban J connectivity index is 3.00. The van der Waals surface area contributed by atoms with E-state index in [-0.39, 0.29) is 5.41 Å². The molecule has 120 valence electrons. The third-order valence-electron chi connectivity index (χ3n) is 4.72. The van der Waals surface area contributed by atoms with Gasteiger partial charge in [0, 0.05) is 5.56 Å². The predicted octanol–water partition coefficient (Wildman–Crippen LogP) is 6.59. The SMILES string of the molecule is CCCCCC(CCC)(CCCCC)c1ccccc1O. The highest BCUT2D eigenvalue weighted by molar-refractivity contribution is 5.38. The summed E-state index contributed by atoms with van der Waals surface area (Å²) in [5.41, 5.74) is 1.38. The molecule has 1 N–H and O–H groups in total. The van der Waals surface area contributed by atoms with Crippen LogP contribution >= 0.6 is 0 Å².